The Morgan fingerprint density at radius 2 is 2.16 bits per heavy atom. The summed E-state index contributed by atoms with van der Waals surface area (Å²) >= 11 is 0. The summed E-state index contributed by atoms with van der Waals surface area (Å²) in [6.07, 6.45) is 3.25. The van der Waals surface area contributed by atoms with Crippen LogP contribution in [0.4, 0.5) is 0 Å². The van der Waals surface area contributed by atoms with E-state index in [1.165, 1.54) is 0 Å². The summed E-state index contributed by atoms with van der Waals surface area (Å²) < 4.78 is 43.6. The van der Waals surface area contributed by atoms with Crippen LogP contribution in [-0.2, 0) is 28.4 Å². The molecule has 4 aliphatic rings. The Labute approximate surface area is 205 Å². The maximum atomic E-state index is 11.2. The molecule has 2 aliphatic heterocycles. The average Bonchev–Trinajstić information content (AvgIpc) is 3.00. The van der Waals surface area contributed by atoms with E-state index in [1.54, 1.807) is 13.2 Å². The van der Waals surface area contributed by atoms with Crippen LogP contribution in [0.3, 0.4) is 0 Å². The fourth-order valence-corrected chi connectivity index (χ4v) is 6.88. The molecule has 166 valence electrons. The largest absolute Gasteiger partial charge is 1.00 e. The van der Waals surface area contributed by atoms with Gasteiger partial charge in [-0.25, -0.2) is 0 Å². The minimum Gasteiger partial charge on any atom is -1.00 e. The van der Waals surface area contributed by atoms with Gasteiger partial charge in [-0.15, -0.1) is 0 Å². The molecule has 0 aromatic heterocycles. The van der Waals surface area contributed by atoms with Gasteiger partial charge in [-0.05, 0) is 50.0 Å². The Balaban J connectivity index is 0.00000144. The number of likely N-dealkylation sites (N-methyl/N-ethyl adjacent to an activating group) is 1. The molecule has 31 heavy (non-hydrogen) atoms. The van der Waals surface area contributed by atoms with Crippen molar-refractivity contribution in [2.75, 3.05) is 26.5 Å². The number of nitrogens with zero attached hydrogens (tertiary/aromatic N) is 1. The number of aliphatic hydroxyl groups is 2. The third kappa shape index (κ3) is 3.49. The van der Waals surface area contributed by atoms with Gasteiger partial charge in [0.05, 0.1) is 13.2 Å². The molecule has 0 amide bonds. The van der Waals surface area contributed by atoms with Crippen LogP contribution in [0, 0.1) is 5.92 Å². The Kier molecular flexibility index (Phi) is 6.06. The molecule has 1 spiro atoms. The van der Waals surface area contributed by atoms with Crippen LogP contribution < -0.4 is 39.0 Å². The maximum absolute atomic E-state index is 11.2. The molecule has 1 saturated heterocycles. The molecule has 5 rings (SSSR count). The van der Waals surface area contributed by atoms with E-state index in [1.807, 2.05) is 6.08 Å². The van der Waals surface area contributed by atoms with Crippen LogP contribution in [0.15, 0.2) is 18.2 Å². The fourth-order valence-electron chi connectivity index (χ4n) is 6.27. The van der Waals surface area contributed by atoms with Crippen LogP contribution in [-0.4, -0.2) is 78.9 Å². The van der Waals surface area contributed by atoms with Gasteiger partial charge >= 0.3 is 29.6 Å². The van der Waals surface area contributed by atoms with Gasteiger partial charge in [0.1, 0.15) is 18.0 Å². The SMILES string of the molecule is COc1cc(CC(O)CS(=O)(=O)O)c2c3c1O[C@H]1[C@@H](O)C=C[C@H]4[C@@H](C2)N(C)CC[C@@]341.[H-].[Na+]. The molecule has 1 aromatic rings. The van der Waals surface area contributed by atoms with Gasteiger partial charge in [0, 0.05) is 22.9 Å². The van der Waals surface area contributed by atoms with Crippen molar-refractivity contribution in [1.82, 2.24) is 4.90 Å². The van der Waals surface area contributed by atoms with E-state index in [0.29, 0.717) is 11.5 Å². The van der Waals surface area contributed by atoms with Gasteiger partial charge in [0.15, 0.2) is 11.5 Å². The molecule has 1 unspecified atom stereocenters. The summed E-state index contributed by atoms with van der Waals surface area (Å²) in [4.78, 5) is 2.33. The number of ether oxygens (including phenoxy) is 2. The Morgan fingerprint density at radius 3 is 2.84 bits per heavy atom. The third-order valence-corrected chi connectivity index (χ3v) is 8.24. The van der Waals surface area contributed by atoms with Gasteiger partial charge in [-0.2, -0.15) is 8.42 Å². The Hall–Kier alpha value is -0.650. The van der Waals surface area contributed by atoms with Crippen molar-refractivity contribution in [3.8, 4) is 11.5 Å². The number of hydrogen-bond donors (Lipinski definition) is 3. The van der Waals surface area contributed by atoms with E-state index >= 15 is 0 Å². The summed E-state index contributed by atoms with van der Waals surface area (Å²) in [6, 6.07) is 2.02. The molecule has 2 aliphatic carbocycles. The number of piperidine rings is 1. The smallest absolute Gasteiger partial charge is 1.00 e. The second-order valence-corrected chi connectivity index (χ2v) is 10.5. The second kappa shape index (κ2) is 7.99. The molecule has 2 heterocycles. The van der Waals surface area contributed by atoms with Crippen molar-refractivity contribution in [3.63, 3.8) is 0 Å². The average molecular weight is 462 g/mol. The van der Waals surface area contributed by atoms with Crippen molar-refractivity contribution in [2.24, 2.45) is 5.92 Å². The fraction of sp³-hybridized carbons (Fsp3) is 0.619. The van der Waals surface area contributed by atoms with Crippen LogP contribution in [0.2, 0.25) is 0 Å². The van der Waals surface area contributed by atoms with E-state index in [2.05, 4.69) is 18.0 Å². The minimum absolute atomic E-state index is 0. The zero-order valence-electron chi connectivity index (χ0n) is 19.0. The maximum Gasteiger partial charge on any atom is 1.00 e. The van der Waals surface area contributed by atoms with Crippen LogP contribution in [0.25, 0.3) is 0 Å². The molecular formula is C21H28NNaO7S. The molecular weight excluding hydrogens is 433 g/mol. The first-order valence-corrected chi connectivity index (χ1v) is 11.9. The first-order chi connectivity index (χ1) is 14.2. The van der Waals surface area contributed by atoms with Crippen molar-refractivity contribution in [1.29, 1.82) is 0 Å². The normalized spacial score (nSPS) is 33.8. The van der Waals surface area contributed by atoms with Crippen molar-refractivity contribution in [2.45, 2.75) is 49.0 Å². The number of aliphatic hydroxyl groups excluding tert-OH is 2. The minimum atomic E-state index is -4.29. The van der Waals surface area contributed by atoms with Crippen molar-refractivity contribution in [3.05, 3.63) is 34.9 Å². The van der Waals surface area contributed by atoms with Gasteiger partial charge < -0.3 is 26.0 Å². The van der Waals surface area contributed by atoms with Crippen molar-refractivity contribution < 1.29 is 63.6 Å². The zero-order valence-corrected chi connectivity index (χ0v) is 20.8. The topological polar surface area (TPSA) is 117 Å². The predicted molar refractivity (Wildman–Crippen MR) is 110 cm³/mol. The molecule has 2 bridgehead atoms. The van der Waals surface area contributed by atoms with E-state index in [-0.39, 0.29) is 54.8 Å². The molecule has 10 heteroatoms. The van der Waals surface area contributed by atoms with E-state index in [4.69, 9.17) is 14.0 Å². The van der Waals surface area contributed by atoms with Gasteiger partial charge in [-0.3, -0.25) is 4.55 Å². The van der Waals surface area contributed by atoms with Crippen LogP contribution >= 0.6 is 0 Å². The van der Waals surface area contributed by atoms with Crippen molar-refractivity contribution >= 4 is 10.1 Å². The molecule has 8 nitrogen and oxygen atoms in total. The molecule has 0 saturated carbocycles. The Bertz CT molecular complexity index is 1040. The summed E-state index contributed by atoms with van der Waals surface area (Å²) in [6.45, 7) is 0.887. The summed E-state index contributed by atoms with van der Waals surface area (Å²) in [5.41, 5.74) is 2.51. The summed E-state index contributed by atoms with van der Waals surface area (Å²) in [7, 11) is -0.640. The molecule has 6 atom stereocenters. The monoisotopic (exact) mass is 461 g/mol. The van der Waals surface area contributed by atoms with Gasteiger partial charge in [0.2, 0.25) is 0 Å². The first kappa shape index (κ1) is 23.5. The second-order valence-electron chi connectivity index (χ2n) is 9.01. The standard InChI is InChI=1S/C21H27NO7S.Na.H/c1-22-6-5-21-14-3-4-16(24)20(21)29-19-17(28-2)8-11(7-12(23)10-30(25,26)27)13(18(19)21)9-15(14)22;;/h3-4,8,12,14-16,20,23-24H,5-7,9-10H2,1-2H3,(H,25,26,27);;/q;+1;-1/t12?,14-,15+,16-,20-,21-;;/m0../s1. The first-order valence-electron chi connectivity index (χ1n) is 10.3. The number of likely N-dealkylation sites (tertiary alicyclic amines) is 1. The Morgan fingerprint density at radius 1 is 1.42 bits per heavy atom. The van der Waals surface area contributed by atoms with E-state index in [9.17, 15) is 18.6 Å². The zero-order chi connectivity index (χ0) is 21.4. The molecule has 1 aromatic carbocycles. The molecule has 1 fully saturated rings. The molecule has 3 N–H and O–H groups in total. The van der Waals surface area contributed by atoms with E-state index in [0.717, 1.165) is 36.1 Å². The number of benzene rings is 1. The van der Waals surface area contributed by atoms with Crippen LogP contribution in [0.5, 0.6) is 11.5 Å². The quantitative estimate of drug-likeness (QED) is 0.249. The van der Waals surface area contributed by atoms with Gasteiger partial charge in [-0.1, -0.05) is 12.2 Å². The van der Waals surface area contributed by atoms with E-state index < -0.39 is 34.2 Å². The number of methoxy groups -OCH3 is 1. The van der Waals surface area contributed by atoms with Gasteiger partial charge in [0.25, 0.3) is 10.1 Å². The summed E-state index contributed by atoms with van der Waals surface area (Å²) in [5, 5.41) is 21.1. The van der Waals surface area contributed by atoms with Crippen LogP contribution in [0.1, 0.15) is 24.5 Å². The number of rotatable bonds is 5. The molecule has 0 radical (unpaired) electrons. The third-order valence-electron chi connectivity index (χ3n) is 7.43. The number of hydrogen-bond acceptors (Lipinski definition) is 7. The predicted octanol–water partition coefficient (Wildman–Crippen LogP) is -2.59. The summed E-state index contributed by atoms with van der Waals surface area (Å²) in [5.74, 6) is 0.654.